The molecule has 0 bridgehead atoms. The fourth-order valence-corrected chi connectivity index (χ4v) is 3.57. The van der Waals surface area contributed by atoms with E-state index in [9.17, 15) is 14.4 Å². The van der Waals surface area contributed by atoms with Gasteiger partial charge in [-0.05, 0) is 30.1 Å². The summed E-state index contributed by atoms with van der Waals surface area (Å²) in [5.74, 6) is -1.02. The number of ether oxygens (including phenoxy) is 2. The van der Waals surface area contributed by atoms with Gasteiger partial charge in [-0.3, -0.25) is 9.59 Å². The van der Waals surface area contributed by atoms with Crippen LogP contribution in [0.5, 0.6) is 0 Å². The lowest BCUT2D eigenvalue weighted by atomic mass is 9.72. The molecule has 25 heavy (non-hydrogen) atoms. The molecule has 1 rings (SSSR count). The number of rotatable bonds is 8. The molecule has 0 aromatic heterocycles. The lowest BCUT2D eigenvalue weighted by molar-refractivity contribution is -0.170. The van der Waals surface area contributed by atoms with Crippen LogP contribution in [0.4, 0.5) is 0 Å². The van der Waals surface area contributed by atoms with E-state index < -0.39 is 24.8 Å². The maximum absolute atomic E-state index is 12.8. The van der Waals surface area contributed by atoms with Crippen LogP contribution in [0.3, 0.4) is 0 Å². The van der Waals surface area contributed by atoms with E-state index in [2.05, 4.69) is 39.4 Å². The SMILES string of the molecule is CCC(C)(C)CC(C)(C)CC(=O)N1CCCC1C(=O)OCOC(C)=O. The molecule has 0 aromatic carbocycles. The fourth-order valence-electron chi connectivity index (χ4n) is 3.57. The van der Waals surface area contributed by atoms with Crippen LogP contribution in [0.1, 0.15) is 73.6 Å². The average Bonchev–Trinajstić information content (AvgIpc) is 2.94. The number of amides is 1. The van der Waals surface area contributed by atoms with E-state index in [4.69, 9.17) is 4.74 Å². The molecule has 0 aromatic rings. The molecule has 1 aliphatic heterocycles. The van der Waals surface area contributed by atoms with Gasteiger partial charge in [-0.1, -0.05) is 41.0 Å². The van der Waals surface area contributed by atoms with Gasteiger partial charge in [0.05, 0.1) is 0 Å². The Morgan fingerprint density at radius 2 is 1.72 bits per heavy atom. The Hall–Kier alpha value is -1.59. The van der Waals surface area contributed by atoms with Crippen molar-refractivity contribution in [1.29, 1.82) is 0 Å². The molecule has 1 amide bonds. The van der Waals surface area contributed by atoms with Crippen LogP contribution in [0.25, 0.3) is 0 Å². The van der Waals surface area contributed by atoms with Crippen LogP contribution in [0, 0.1) is 10.8 Å². The zero-order valence-corrected chi connectivity index (χ0v) is 16.5. The van der Waals surface area contributed by atoms with Crippen LogP contribution >= 0.6 is 0 Å². The van der Waals surface area contributed by atoms with E-state index in [0.717, 1.165) is 19.3 Å². The number of hydrogen-bond donors (Lipinski definition) is 0. The van der Waals surface area contributed by atoms with E-state index in [1.54, 1.807) is 4.90 Å². The molecule has 0 spiro atoms. The van der Waals surface area contributed by atoms with Crippen molar-refractivity contribution in [3.8, 4) is 0 Å². The van der Waals surface area contributed by atoms with E-state index >= 15 is 0 Å². The summed E-state index contributed by atoms with van der Waals surface area (Å²) in [6.45, 7) is 12.2. The van der Waals surface area contributed by atoms with Crippen molar-refractivity contribution in [2.75, 3.05) is 13.3 Å². The lowest BCUT2D eigenvalue weighted by Crippen LogP contribution is -2.43. The Bertz CT molecular complexity index is 498. The average molecular weight is 355 g/mol. The third kappa shape index (κ3) is 7.04. The minimum Gasteiger partial charge on any atom is -0.428 e. The topological polar surface area (TPSA) is 72.9 Å². The Balaban J connectivity index is 2.63. The quantitative estimate of drug-likeness (QED) is 0.493. The summed E-state index contributed by atoms with van der Waals surface area (Å²) in [6, 6.07) is -0.571. The molecule has 1 aliphatic rings. The van der Waals surface area contributed by atoms with Gasteiger partial charge in [0, 0.05) is 19.9 Å². The fraction of sp³-hybridized carbons (Fsp3) is 0.842. The normalized spacial score (nSPS) is 18.2. The number of likely N-dealkylation sites (tertiary alicyclic amines) is 1. The summed E-state index contributed by atoms with van der Waals surface area (Å²) < 4.78 is 9.60. The molecule has 1 heterocycles. The summed E-state index contributed by atoms with van der Waals surface area (Å²) in [6.07, 6.45) is 3.77. The molecular formula is C19H33NO5. The molecule has 0 radical (unpaired) electrons. The smallest absolute Gasteiger partial charge is 0.331 e. The third-order valence-corrected chi connectivity index (χ3v) is 4.85. The molecule has 0 saturated carbocycles. The van der Waals surface area contributed by atoms with Crippen molar-refractivity contribution >= 4 is 17.8 Å². The highest BCUT2D eigenvalue weighted by atomic mass is 16.7. The highest BCUT2D eigenvalue weighted by Crippen LogP contribution is 2.39. The first kappa shape index (κ1) is 21.5. The highest BCUT2D eigenvalue weighted by Gasteiger charge is 2.38. The Labute approximate surface area is 151 Å². The van der Waals surface area contributed by atoms with Gasteiger partial charge in [-0.25, -0.2) is 4.79 Å². The third-order valence-electron chi connectivity index (χ3n) is 4.85. The van der Waals surface area contributed by atoms with Gasteiger partial charge in [0.1, 0.15) is 6.04 Å². The van der Waals surface area contributed by atoms with E-state index in [1.807, 2.05) is 0 Å². The molecule has 1 fully saturated rings. The maximum Gasteiger partial charge on any atom is 0.331 e. The van der Waals surface area contributed by atoms with Crippen LogP contribution in [0.15, 0.2) is 0 Å². The van der Waals surface area contributed by atoms with Gasteiger partial charge in [0.25, 0.3) is 0 Å². The van der Waals surface area contributed by atoms with Crippen molar-refractivity contribution in [1.82, 2.24) is 4.90 Å². The van der Waals surface area contributed by atoms with E-state index in [0.29, 0.717) is 19.4 Å². The molecule has 1 unspecified atom stereocenters. The second kappa shape index (κ2) is 8.68. The summed E-state index contributed by atoms with van der Waals surface area (Å²) >= 11 is 0. The van der Waals surface area contributed by atoms with Gasteiger partial charge in [-0.15, -0.1) is 0 Å². The van der Waals surface area contributed by atoms with Crippen molar-refractivity contribution in [2.45, 2.75) is 79.7 Å². The van der Waals surface area contributed by atoms with Gasteiger partial charge >= 0.3 is 11.9 Å². The largest absolute Gasteiger partial charge is 0.428 e. The first-order valence-electron chi connectivity index (χ1n) is 9.07. The zero-order valence-electron chi connectivity index (χ0n) is 16.5. The predicted octanol–water partition coefficient (Wildman–Crippen LogP) is 3.28. The Morgan fingerprint density at radius 3 is 2.28 bits per heavy atom. The molecule has 6 nitrogen and oxygen atoms in total. The Kier molecular flexibility index (Phi) is 7.44. The summed E-state index contributed by atoms with van der Waals surface area (Å²) in [5.41, 5.74) is 0.0442. The monoisotopic (exact) mass is 355 g/mol. The minimum absolute atomic E-state index is 0.0103. The van der Waals surface area contributed by atoms with Gasteiger partial charge in [0.2, 0.25) is 12.7 Å². The Morgan fingerprint density at radius 1 is 1.08 bits per heavy atom. The minimum atomic E-state index is -0.571. The first-order chi connectivity index (χ1) is 11.5. The van der Waals surface area contributed by atoms with Crippen LogP contribution in [-0.4, -0.2) is 42.1 Å². The highest BCUT2D eigenvalue weighted by molar-refractivity contribution is 5.85. The number of nitrogens with zero attached hydrogens (tertiary/aromatic N) is 1. The standard InChI is InChI=1S/C19H33NO5/c1-7-18(3,4)12-19(5,6)11-16(22)20-10-8-9-15(20)17(23)25-13-24-14(2)21/h15H,7-13H2,1-6H3. The number of carbonyl (C=O) groups is 3. The van der Waals surface area contributed by atoms with Crippen molar-refractivity contribution in [3.63, 3.8) is 0 Å². The number of carbonyl (C=O) groups excluding carboxylic acids is 3. The molecule has 144 valence electrons. The zero-order chi connectivity index (χ0) is 19.3. The molecule has 6 heteroatoms. The molecule has 0 N–H and O–H groups in total. The van der Waals surface area contributed by atoms with E-state index in [-0.39, 0.29) is 16.7 Å². The summed E-state index contributed by atoms with van der Waals surface area (Å²) in [5, 5.41) is 0. The maximum atomic E-state index is 12.8. The molecular weight excluding hydrogens is 322 g/mol. The van der Waals surface area contributed by atoms with Gasteiger partial charge < -0.3 is 14.4 Å². The second-order valence-corrected chi connectivity index (χ2v) is 8.50. The van der Waals surface area contributed by atoms with Gasteiger partial charge in [0.15, 0.2) is 0 Å². The van der Waals surface area contributed by atoms with E-state index in [1.165, 1.54) is 6.92 Å². The molecule has 1 atom stereocenters. The summed E-state index contributed by atoms with van der Waals surface area (Å²) in [7, 11) is 0. The van der Waals surface area contributed by atoms with Crippen LogP contribution in [-0.2, 0) is 23.9 Å². The lowest BCUT2D eigenvalue weighted by Gasteiger charge is -2.35. The first-order valence-corrected chi connectivity index (χ1v) is 9.07. The van der Waals surface area contributed by atoms with Crippen molar-refractivity contribution < 1.29 is 23.9 Å². The number of esters is 2. The second-order valence-electron chi connectivity index (χ2n) is 8.50. The summed E-state index contributed by atoms with van der Waals surface area (Å²) in [4.78, 5) is 37.3. The predicted molar refractivity (Wildman–Crippen MR) is 94.5 cm³/mol. The number of hydrogen-bond acceptors (Lipinski definition) is 5. The molecule has 1 saturated heterocycles. The molecule has 0 aliphatic carbocycles. The van der Waals surface area contributed by atoms with Crippen molar-refractivity contribution in [3.05, 3.63) is 0 Å². The van der Waals surface area contributed by atoms with Gasteiger partial charge in [-0.2, -0.15) is 0 Å². The van der Waals surface area contributed by atoms with Crippen molar-refractivity contribution in [2.24, 2.45) is 10.8 Å². The van der Waals surface area contributed by atoms with Crippen LogP contribution in [0.2, 0.25) is 0 Å². The van der Waals surface area contributed by atoms with Crippen LogP contribution < -0.4 is 0 Å².